The van der Waals surface area contributed by atoms with Crippen LogP contribution in [0.25, 0.3) is 0 Å². The van der Waals surface area contributed by atoms with Crippen LogP contribution in [0.4, 0.5) is 0 Å². The molecule has 76 heavy (non-hydrogen) atoms. The summed E-state index contributed by atoms with van der Waals surface area (Å²) in [5, 5.41) is 32.1. The molecule has 0 saturated carbocycles. The number of benzene rings is 4. The van der Waals surface area contributed by atoms with Gasteiger partial charge in [0.2, 0.25) is 11.9 Å². The molecular formula is C52H66Cl4N12O6S2. The number of rotatable bonds is 29. The minimum atomic E-state index is -1.42. The Balaban J connectivity index is 0.756. The summed E-state index contributed by atoms with van der Waals surface area (Å²) in [6, 6.07) is 23.1. The Morgan fingerprint density at radius 3 is 1.38 bits per heavy atom. The van der Waals surface area contributed by atoms with Crippen LogP contribution in [-0.2, 0) is 54.0 Å². The zero-order valence-corrected chi connectivity index (χ0v) is 47.3. The van der Waals surface area contributed by atoms with E-state index in [9.17, 15) is 18.9 Å². The van der Waals surface area contributed by atoms with Crippen molar-refractivity contribution in [2.45, 2.75) is 47.6 Å². The van der Waals surface area contributed by atoms with Gasteiger partial charge in [-0.25, -0.2) is 17.9 Å². The van der Waals surface area contributed by atoms with E-state index in [-0.39, 0.29) is 11.8 Å². The largest absolute Gasteiger partial charge is 0.378 e. The topological polar surface area (TPSA) is 222 Å². The number of nitriles is 2. The fraction of sp³-hybridized carbons (Fsp3) is 0.462. The van der Waals surface area contributed by atoms with Crippen LogP contribution in [0.1, 0.15) is 58.1 Å². The van der Waals surface area contributed by atoms with E-state index in [2.05, 4.69) is 64.6 Å². The maximum absolute atomic E-state index is 13.1. The van der Waals surface area contributed by atoms with E-state index in [1.54, 1.807) is 12.1 Å². The molecule has 18 nitrogen and oxygen atoms in total. The number of nitrogens with zero attached hydrogens (tertiary/aromatic N) is 6. The van der Waals surface area contributed by atoms with Crippen LogP contribution in [0.15, 0.2) is 92.6 Å². The molecule has 2 heterocycles. The van der Waals surface area contributed by atoms with Crippen molar-refractivity contribution >= 4 is 80.3 Å². The van der Waals surface area contributed by atoms with Gasteiger partial charge in [-0.05, 0) is 109 Å². The zero-order chi connectivity index (χ0) is 54.1. The van der Waals surface area contributed by atoms with Crippen molar-refractivity contribution in [3.8, 4) is 12.4 Å². The van der Waals surface area contributed by atoms with Gasteiger partial charge in [0.25, 0.3) is 0 Å². The van der Waals surface area contributed by atoms with Gasteiger partial charge in [-0.3, -0.25) is 20.6 Å². The number of fused-ring (bicyclic) bond motifs is 2. The second-order valence-electron chi connectivity index (χ2n) is 17.8. The van der Waals surface area contributed by atoms with Gasteiger partial charge in [0, 0.05) is 97.4 Å². The number of halogens is 4. The summed E-state index contributed by atoms with van der Waals surface area (Å²) in [6.07, 6.45) is 5.19. The number of aliphatic imine (C=N–C) groups is 2. The second-order valence-corrected chi connectivity index (χ2v) is 22.1. The van der Waals surface area contributed by atoms with Gasteiger partial charge in [-0.1, -0.05) is 70.7 Å². The van der Waals surface area contributed by atoms with Crippen LogP contribution >= 0.6 is 46.4 Å². The molecule has 4 aromatic carbocycles. The number of ether oxygens (including phenoxy) is 4. The molecule has 4 aromatic rings. The van der Waals surface area contributed by atoms with Gasteiger partial charge < -0.3 is 39.4 Å². The third kappa shape index (κ3) is 19.8. The second kappa shape index (κ2) is 33.1. The van der Waals surface area contributed by atoms with Crippen LogP contribution in [0.3, 0.4) is 0 Å². The quantitative estimate of drug-likeness (QED) is 0.0116. The maximum atomic E-state index is 13.1. The van der Waals surface area contributed by atoms with E-state index < -0.39 is 22.0 Å². The fourth-order valence-electron chi connectivity index (χ4n) is 8.65. The Labute approximate surface area is 471 Å². The fourth-order valence-corrected chi connectivity index (χ4v) is 11.6. The van der Waals surface area contributed by atoms with Gasteiger partial charge in [-0.2, -0.15) is 10.5 Å². The van der Waals surface area contributed by atoms with Crippen molar-refractivity contribution in [1.29, 1.82) is 10.5 Å². The first-order chi connectivity index (χ1) is 36.9. The van der Waals surface area contributed by atoms with Crippen LogP contribution in [0.5, 0.6) is 0 Å². The van der Waals surface area contributed by atoms with Crippen LogP contribution in [0, 0.1) is 22.9 Å². The summed E-state index contributed by atoms with van der Waals surface area (Å²) in [7, 11) is 1.27. The molecule has 6 N–H and O–H groups in total. The lowest BCUT2D eigenvalue weighted by Crippen LogP contribution is -2.37. The Morgan fingerprint density at radius 2 is 0.987 bits per heavy atom. The summed E-state index contributed by atoms with van der Waals surface area (Å²) < 4.78 is 55.0. The molecular weight excluding hydrogens is 1090 g/mol. The normalized spacial score (nSPS) is 16.7. The number of unbranched alkanes of at least 4 members (excludes halogenated alkanes) is 1. The molecule has 0 saturated heterocycles. The lowest BCUT2D eigenvalue weighted by atomic mass is 9.85. The molecule has 0 radical (unpaired) electrons. The van der Waals surface area contributed by atoms with E-state index in [1.807, 2.05) is 73.0 Å². The van der Waals surface area contributed by atoms with Crippen LogP contribution in [0.2, 0.25) is 20.1 Å². The minimum absolute atomic E-state index is 0.0498. The molecule has 0 spiro atoms. The summed E-state index contributed by atoms with van der Waals surface area (Å²) in [5.41, 5.74) is 6.43. The summed E-state index contributed by atoms with van der Waals surface area (Å²) >= 11 is 25.9. The number of hydrogen-bond donors (Lipinski definition) is 6. The lowest BCUT2D eigenvalue weighted by Gasteiger charge is -2.33. The van der Waals surface area contributed by atoms with Gasteiger partial charge >= 0.3 is 0 Å². The number of nitrogens with one attached hydrogen (secondary N) is 6. The maximum Gasteiger partial charge on any atom is 0.204 e. The van der Waals surface area contributed by atoms with Crippen molar-refractivity contribution in [3.63, 3.8) is 0 Å². The van der Waals surface area contributed by atoms with Crippen molar-refractivity contribution in [1.82, 2.24) is 40.5 Å². The molecule has 0 bridgehead atoms. The van der Waals surface area contributed by atoms with E-state index in [0.717, 1.165) is 59.6 Å². The highest BCUT2D eigenvalue weighted by Gasteiger charge is 2.29. The van der Waals surface area contributed by atoms with Crippen molar-refractivity contribution < 1.29 is 27.4 Å². The molecule has 0 aromatic heterocycles. The molecule has 24 heteroatoms. The van der Waals surface area contributed by atoms with Gasteiger partial charge in [-0.15, -0.1) is 0 Å². The van der Waals surface area contributed by atoms with E-state index >= 15 is 0 Å². The van der Waals surface area contributed by atoms with Gasteiger partial charge in [0.15, 0.2) is 12.4 Å². The van der Waals surface area contributed by atoms with E-state index in [0.29, 0.717) is 147 Å². The number of hydrogen-bond acceptors (Lipinski definition) is 12. The first kappa shape index (κ1) is 60.8. The molecule has 2 aliphatic heterocycles. The Morgan fingerprint density at radius 1 is 0.592 bits per heavy atom. The average molecular weight is 1160 g/mol. The van der Waals surface area contributed by atoms with Gasteiger partial charge in [0.1, 0.15) is 22.0 Å². The summed E-state index contributed by atoms with van der Waals surface area (Å²) in [6.45, 7) is 8.52. The Kier molecular flexibility index (Phi) is 26.5. The standard InChI is InChI=1S/C52H66Cl4N12O6S2/c1-67-31-45(43-27-39(53)29-49(55)47(43)33-67)37-7-5-9-41(25-37)75(69)65-15-19-73-23-21-71-17-13-61-51(63-35-57)59-11-3-4-12-60-52(64-36-58)62-14-18-72-22-24-74-20-16-66-76(70)42-10-6-8-38(26-42)46-32-68(2)34-48-44(46)28-40(54)30-50(48)56/h5-10,25-30,45-46,65-66H,3-4,11-24,31-34H2,1-2H3,(H2,59,61,63)(H2,60,62,64). The predicted molar refractivity (Wildman–Crippen MR) is 302 cm³/mol. The molecule has 4 atom stereocenters. The van der Waals surface area contributed by atoms with Crippen molar-refractivity contribution in [2.24, 2.45) is 9.98 Å². The third-order valence-electron chi connectivity index (χ3n) is 12.2. The number of likely N-dealkylation sites (N-methyl/N-ethyl adjacent to an activating group) is 2. The monoisotopic (exact) mass is 1160 g/mol. The summed E-state index contributed by atoms with van der Waals surface area (Å²) in [4.78, 5) is 14.7. The predicted octanol–water partition coefficient (Wildman–Crippen LogP) is 6.26. The van der Waals surface area contributed by atoms with Gasteiger partial charge in [0.05, 0.1) is 62.6 Å². The molecule has 0 fully saturated rings. The lowest BCUT2D eigenvalue weighted by molar-refractivity contribution is 0.0521. The Bertz CT molecular complexity index is 2530. The average Bonchev–Trinajstić information content (AvgIpc) is 3.41. The zero-order valence-electron chi connectivity index (χ0n) is 42.7. The molecule has 0 aliphatic carbocycles. The van der Waals surface area contributed by atoms with Crippen LogP contribution < -0.4 is 30.7 Å². The highest BCUT2D eigenvalue weighted by Crippen LogP contribution is 2.40. The highest BCUT2D eigenvalue weighted by atomic mass is 35.5. The van der Waals surface area contributed by atoms with E-state index in [4.69, 9.17) is 65.4 Å². The first-order valence-electron chi connectivity index (χ1n) is 24.9. The highest BCUT2D eigenvalue weighted by molar-refractivity contribution is 7.83. The van der Waals surface area contributed by atoms with Crippen molar-refractivity contribution in [2.75, 3.05) is 119 Å². The summed E-state index contributed by atoms with van der Waals surface area (Å²) in [5.74, 6) is 0.790. The molecule has 410 valence electrons. The molecule has 0 amide bonds. The van der Waals surface area contributed by atoms with E-state index in [1.165, 1.54) is 0 Å². The number of guanidine groups is 2. The SMILES string of the molecule is CN1Cc2c(Cl)cc(Cl)cc2C(c2cccc(S(=O)NCCOCCOCCNC(=NCCCCN=C(NC#N)NCCOCCOCCNS(=O)c3cccc(C4CN(C)Cc5c(Cl)cc(Cl)cc54)c3)NC#N)c2)C1. The first-order valence-corrected chi connectivity index (χ1v) is 28.8. The molecule has 2 aliphatic rings. The van der Waals surface area contributed by atoms with Crippen LogP contribution in [-0.4, -0.2) is 149 Å². The van der Waals surface area contributed by atoms with Crippen molar-refractivity contribution in [3.05, 3.63) is 126 Å². The smallest absolute Gasteiger partial charge is 0.204 e. The minimum Gasteiger partial charge on any atom is -0.378 e. The Hall–Kier alpha value is -4.46. The molecule has 4 unspecified atom stereocenters. The molecule has 6 rings (SSSR count). The third-order valence-corrected chi connectivity index (χ3v) is 15.6.